The number of nitrogens with one attached hydrogen (secondary N) is 1. The van der Waals surface area contributed by atoms with Crippen LogP contribution in [0, 0.1) is 19.7 Å². The van der Waals surface area contributed by atoms with Crippen molar-refractivity contribution >= 4 is 27.5 Å². The van der Waals surface area contributed by atoms with E-state index >= 15 is 0 Å². The van der Waals surface area contributed by atoms with Crippen molar-refractivity contribution in [2.75, 3.05) is 5.32 Å². The fourth-order valence-corrected chi connectivity index (χ4v) is 2.39. The van der Waals surface area contributed by atoms with Crippen molar-refractivity contribution < 1.29 is 9.18 Å². The number of amides is 1. The highest BCUT2D eigenvalue weighted by Crippen LogP contribution is 2.19. The SMILES string of the molecule is Cc1cc(=O)cc(C)n1CC(=O)Nc1ccc(Br)cc1F. The molecular formula is C15H14BrFN2O2. The van der Waals surface area contributed by atoms with Crippen LogP contribution in [-0.4, -0.2) is 10.5 Å². The number of pyridine rings is 1. The number of aromatic nitrogens is 1. The highest BCUT2D eigenvalue weighted by molar-refractivity contribution is 9.10. The minimum atomic E-state index is -0.508. The van der Waals surface area contributed by atoms with Crippen LogP contribution in [0.25, 0.3) is 0 Å². The van der Waals surface area contributed by atoms with E-state index in [-0.39, 0.29) is 23.6 Å². The quantitative estimate of drug-likeness (QED) is 0.922. The molecule has 1 heterocycles. The van der Waals surface area contributed by atoms with Crippen LogP contribution in [-0.2, 0) is 11.3 Å². The summed E-state index contributed by atoms with van der Waals surface area (Å²) < 4.78 is 16.0. The van der Waals surface area contributed by atoms with Crippen molar-refractivity contribution in [2.45, 2.75) is 20.4 Å². The van der Waals surface area contributed by atoms with Crippen molar-refractivity contribution in [1.82, 2.24) is 4.57 Å². The Morgan fingerprint density at radius 1 is 1.24 bits per heavy atom. The Hall–Kier alpha value is -1.95. The molecule has 4 nitrogen and oxygen atoms in total. The summed E-state index contributed by atoms with van der Waals surface area (Å²) in [7, 11) is 0. The zero-order chi connectivity index (χ0) is 15.6. The molecule has 2 rings (SSSR count). The molecule has 0 aliphatic rings. The van der Waals surface area contributed by atoms with E-state index in [1.54, 1.807) is 24.5 Å². The van der Waals surface area contributed by atoms with Crippen molar-refractivity contribution in [3.63, 3.8) is 0 Å². The topological polar surface area (TPSA) is 51.1 Å². The molecular weight excluding hydrogens is 339 g/mol. The molecule has 0 unspecified atom stereocenters. The number of hydrogen-bond acceptors (Lipinski definition) is 2. The smallest absolute Gasteiger partial charge is 0.244 e. The average Bonchev–Trinajstić information content (AvgIpc) is 2.37. The van der Waals surface area contributed by atoms with Gasteiger partial charge in [0.25, 0.3) is 0 Å². The van der Waals surface area contributed by atoms with Crippen LogP contribution in [0.3, 0.4) is 0 Å². The fraction of sp³-hybridized carbons (Fsp3) is 0.200. The minimum absolute atomic E-state index is 0.0213. The lowest BCUT2D eigenvalue weighted by Gasteiger charge is -2.14. The third kappa shape index (κ3) is 3.78. The fourth-order valence-electron chi connectivity index (χ4n) is 2.06. The Bertz CT molecular complexity index is 730. The van der Waals surface area contributed by atoms with Crippen LogP contribution < -0.4 is 10.7 Å². The minimum Gasteiger partial charge on any atom is -0.340 e. The van der Waals surface area contributed by atoms with E-state index in [4.69, 9.17) is 0 Å². The van der Waals surface area contributed by atoms with E-state index in [9.17, 15) is 14.0 Å². The van der Waals surface area contributed by atoms with Crippen molar-refractivity contribution in [2.24, 2.45) is 0 Å². The molecule has 21 heavy (non-hydrogen) atoms. The Balaban J connectivity index is 2.17. The summed E-state index contributed by atoms with van der Waals surface area (Å²) in [6, 6.07) is 7.34. The molecule has 0 radical (unpaired) electrons. The van der Waals surface area contributed by atoms with Gasteiger partial charge in [0.2, 0.25) is 5.91 Å². The first-order valence-electron chi connectivity index (χ1n) is 6.30. The van der Waals surface area contributed by atoms with Crippen LogP contribution >= 0.6 is 15.9 Å². The van der Waals surface area contributed by atoms with E-state index in [0.29, 0.717) is 15.9 Å². The number of carbonyl (C=O) groups is 1. The van der Waals surface area contributed by atoms with Gasteiger partial charge in [0.15, 0.2) is 5.43 Å². The average molecular weight is 353 g/mol. The molecule has 2 aromatic rings. The van der Waals surface area contributed by atoms with Crippen LogP contribution in [0.1, 0.15) is 11.4 Å². The van der Waals surface area contributed by atoms with Gasteiger partial charge in [0.05, 0.1) is 5.69 Å². The second kappa shape index (κ2) is 6.22. The van der Waals surface area contributed by atoms with Gasteiger partial charge in [-0.05, 0) is 32.0 Å². The molecule has 0 aliphatic carbocycles. The van der Waals surface area contributed by atoms with E-state index in [0.717, 1.165) is 0 Å². The number of aryl methyl sites for hydroxylation is 2. The highest BCUT2D eigenvalue weighted by atomic mass is 79.9. The summed E-state index contributed by atoms with van der Waals surface area (Å²) in [4.78, 5) is 23.4. The molecule has 0 spiro atoms. The number of anilines is 1. The first-order valence-corrected chi connectivity index (χ1v) is 7.09. The maximum atomic E-state index is 13.7. The number of benzene rings is 1. The Morgan fingerprint density at radius 2 is 1.86 bits per heavy atom. The Labute approximate surface area is 129 Å². The third-order valence-corrected chi connectivity index (χ3v) is 3.55. The van der Waals surface area contributed by atoms with E-state index < -0.39 is 5.82 Å². The molecule has 0 saturated heterocycles. The lowest BCUT2D eigenvalue weighted by molar-refractivity contribution is -0.116. The Morgan fingerprint density at radius 3 is 2.43 bits per heavy atom. The van der Waals surface area contributed by atoms with Gasteiger partial charge >= 0.3 is 0 Å². The maximum absolute atomic E-state index is 13.7. The maximum Gasteiger partial charge on any atom is 0.244 e. The zero-order valence-electron chi connectivity index (χ0n) is 11.6. The molecule has 0 saturated carbocycles. The molecule has 0 bridgehead atoms. The number of nitrogens with zero attached hydrogens (tertiary/aromatic N) is 1. The normalized spacial score (nSPS) is 10.5. The zero-order valence-corrected chi connectivity index (χ0v) is 13.2. The molecule has 110 valence electrons. The monoisotopic (exact) mass is 352 g/mol. The number of rotatable bonds is 3. The third-order valence-electron chi connectivity index (χ3n) is 3.06. The van der Waals surface area contributed by atoms with Gasteiger partial charge in [0, 0.05) is 28.0 Å². The molecule has 1 N–H and O–H groups in total. The second-order valence-corrected chi connectivity index (χ2v) is 5.65. The van der Waals surface area contributed by atoms with Gasteiger partial charge in [-0.3, -0.25) is 9.59 Å². The standard InChI is InChI=1S/C15H14BrFN2O2/c1-9-5-12(20)6-10(2)19(9)8-15(21)18-14-4-3-11(16)7-13(14)17/h3-7H,8H2,1-2H3,(H,18,21). The summed E-state index contributed by atoms with van der Waals surface area (Å²) >= 11 is 3.16. The lowest BCUT2D eigenvalue weighted by atomic mass is 10.2. The number of halogens is 2. The van der Waals surface area contributed by atoms with Gasteiger partial charge in [-0.1, -0.05) is 15.9 Å². The van der Waals surface area contributed by atoms with Gasteiger partial charge in [-0.25, -0.2) is 4.39 Å². The van der Waals surface area contributed by atoms with Crippen LogP contribution in [0.15, 0.2) is 39.6 Å². The Kier molecular flexibility index (Phi) is 4.57. The van der Waals surface area contributed by atoms with E-state index in [1.807, 2.05) is 0 Å². The summed E-state index contributed by atoms with van der Waals surface area (Å²) in [5.74, 6) is -0.864. The lowest BCUT2D eigenvalue weighted by Crippen LogP contribution is -2.23. The van der Waals surface area contributed by atoms with Crippen molar-refractivity contribution in [1.29, 1.82) is 0 Å². The van der Waals surface area contributed by atoms with Gasteiger partial charge in [-0.15, -0.1) is 0 Å². The predicted molar refractivity (Wildman–Crippen MR) is 82.9 cm³/mol. The van der Waals surface area contributed by atoms with Gasteiger partial charge < -0.3 is 9.88 Å². The molecule has 0 fully saturated rings. The van der Waals surface area contributed by atoms with Crippen LogP contribution in [0.5, 0.6) is 0 Å². The predicted octanol–water partition coefficient (Wildman–Crippen LogP) is 3.01. The molecule has 1 aromatic heterocycles. The first kappa shape index (κ1) is 15.4. The number of hydrogen-bond donors (Lipinski definition) is 1. The van der Waals surface area contributed by atoms with Crippen molar-refractivity contribution in [3.05, 3.63) is 62.2 Å². The molecule has 0 atom stereocenters. The summed E-state index contributed by atoms with van der Waals surface area (Å²) in [5.41, 5.74) is 1.40. The molecule has 0 aliphatic heterocycles. The highest BCUT2D eigenvalue weighted by Gasteiger charge is 2.10. The summed E-state index contributed by atoms with van der Waals surface area (Å²) in [5, 5.41) is 2.52. The van der Waals surface area contributed by atoms with Gasteiger partial charge in [-0.2, -0.15) is 0 Å². The van der Waals surface area contributed by atoms with E-state index in [1.165, 1.54) is 24.3 Å². The number of carbonyl (C=O) groups excluding carboxylic acids is 1. The first-order chi connectivity index (χ1) is 9.86. The van der Waals surface area contributed by atoms with Crippen molar-refractivity contribution in [3.8, 4) is 0 Å². The van der Waals surface area contributed by atoms with Gasteiger partial charge in [0.1, 0.15) is 12.4 Å². The van der Waals surface area contributed by atoms with Crippen LogP contribution in [0.2, 0.25) is 0 Å². The largest absolute Gasteiger partial charge is 0.340 e. The summed E-state index contributed by atoms with van der Waals surface area (Å²) in [6.07, 6.45) is 0. The second-order valence-electron chi connectivity index (χ2n) is 4.73. The van der Waals surface area contributed by atoms with E-state index in [2.05, 4.69) is 21.2 Å². The van der Waals surface area contributed by atoms with Crippen LogP contribution in [0.4, 0.5) is 10.1 Å². The molecule has 1 aromatic carbocycles. The molecule has 6 heteroatoms. The molecule has 1 amide bonds. The summed E-state index contributed by atoms with van der Waals surface area (Å²) in [6.45, 7) is 3.53.